The van der Waals surface area contributed by atoms with Crippen molar-refractivity contribution in [1.29, 1.82) is 0 Å². The molecule has 1 fully saturated rings. The molecule has 1 atom stereocenters. The molecular weight excluding hydrogens is 328 g/mol. The molecule has 0 bridgehead atoms. The average molecular weight is 346 g/mol. The van der Waals surface area contributed by atoms with Crippen LogP contribution in [0.1, 0.15) is 24.4 Å². The van der Waals surface area contributed by atoms with Crippen molar-refractivity contribution in [2.75, 3.05) is 19.8 Å². The van der Waals surface area contributed by atoms with E-state index >= 15 is 0 Å². The van der Waals surface area contributed by atoms with E-state index in [1.807, 2.05) is 12.1 Å². The number of ether oxygens (including phenoxy) is 2. The SMILES string of the molecule is O=S(=O)(c1ccc2c(c1)OCCO2)N1CCCC1c1ccncc1. The number of nitrogens with zero attached hydrogens (tertiary/aromatic N) is 2. The van der Waals surface area contributed by atoms with Gasteiger partial charge < -0.3 is 9.47 Å². The van der Waals surface area contributed by atoms with Gasteiger partial charge in [-0.1, -0.05) is 0 Å². The molecule has 0 N–H and O–H groups in total. The van der Waals surface area contributed by atoms with E-state index in [2.05, 4.69) is 4.98 Å². The monoisotopic (exact) mass is 346 g/mol. The van der Waals surface area contributed by atoms with Gasteiger partial charge in [-0.25, -0.2) is 8.42 Å². The number of pyridine rings is 1. The summed E-state index contributed by atoms with van der Waals surface area (Å²) < 4.78 is 38.8. The summed E-state index contributed by atoms with van der Waals surface area (Å²) in [6.07, 6.45) is 5.05. The van der Waals surface area contributed by atoms with Crippen LogP contribution in [0.3, 0.4) is 0 Å². The fourth-order valence-corrected chi connectivity index (χ4v) is 4.96. The first-order chi connectivity index (χ1) is 11.7. The van der Waals surface area contributed by atoms with Gasteiger partial charge in [0.1, 0.15) is 13.2 Å². The second kappa shape index (κ2) is 6.07. The maximum Gasteiger partial charge on any atom is 0.243 e. The smallest absolute Gasteiger partial charge is 0.243 e. The minimum Gasteiger partial charge on any atom is -0.486 e. The molecule has 126 valence electrons. The van der Waals surface area contributed by atoms with E-state index in [-0.39, 0.29) is 10.9 Å². The first kappa shape index (κ1) is 15.4. The summed E-state index contributed by atoms with van der Waals surface area (Å²) >= 11 is 0. The van der Waals surface area contributed by atoms with Gasteiger partial charge in [-0.2, -0.15) is 4.31 Å². The van der Waals surface area contributed by atoms with E-state index in [9.17, 15) is 8.42 Å². The predicted molar refractivity (Wildman–Crippen MR) is 87.5 cm³/mol. The third kappa shape index (κ3) is 2.63. The Morgan fingerprint density at radius 1 is 1.04 bits per heavy atom. The molecule has 4 rings (SSSR count). The Balaban J connectivity index is 1.69. The van der Waals surface area contributed by atoms with Crippen LogP contribution in [0.15, 0.2) is 47.6 Å². The van der Waals surface area contributed by atoms with Gasteiger partial charge in [0.15, 0.2) is 11.5 Å². The van der Waals surface area contributed by atoms with Crippen molar-refractivity contribution in [3.8, 4) is 11.5 Å². The number of fused-ring (bicyclic) bond motifs is 1. The first-order valence-corrected chi connectivity index (χ1v) is 9.42. The van der Waals surface area contributed by atoms with E-state index in [4.69, 9.17) is 9.47 Å². The second-order valence-corrected chi connectivity index (χ2v) is 7.75. The summed E-state index contributed by atoms with van der Waals surface area (Å²) in [5.41, 5.74) is 0.976. The summed E-state index contributed by atoms with van der Waals surface area (Å²) in [6.45, 7) is 1.43. The highest BCUT2D eigenvalue weighted by Crippen LogP contribution is 2.38. The van der Waals surface area contributed by atoms with Gasteiger partial charge in [-0.05, 0) is 42.7 Å². The highest BCUT2D eigenvalue weighted by atomic mass is 32.2. The molecule has 1 aromatic heterocycles. The zero-order valence-electron chi connectivity index (χ0n) is 13.1. The number of sulfonamides is 1. The van der Waals surface area contributed by atoms with Crippen molar-refractivity contribution < 1.29 is 17.9 Å². The molecule has 1 saturated heterocycles. The molecule has 1 unspecified atom stereocenters. The summed E-state index contributed by atoms with van der Waals surface area (Å²) in [6, 6.07) is 8.42. The molecule has 0 radical (unpaired) electrons. The van der Waals surface area contributed by atoms with E-state index in [1.165, 1.54) is 0 Å². The van der Waals surface area contributed by atoms with Gasteiger partial charge in [0, 0.05) is 25.0 Å². The van der Waals surface area contributed by atoms with Gasteiger partial charge in [-0.15, -0.1) is 0 Å². The Bertz CT molecular complexity index is 839. The number of hydrogen-bond donors (Lipinski definition) is 0. The quantitative estimate of drug-likeness (QED) is 0.853. The molecule has 0 spiro atoms. The fraction of sp³-hybridized carbons (Fsp3) is 0.353. The molecule has 2 aliphatic rings. The van der Waals surface area contributed by atoms with Crippen LogP contribution >= 0.6 is 0 Å². The van der Waals surface area contributed by atoms with Gasteiger partial charge in [-0.3, -0.25) is 4.98 Å². The predicted octanol–water partition coefficient (Wildman–Crippen LogP) is 2.38. The molecule has 0 saturated carbocycles. The Labute approximate surface area is 141 Å². The molecule has 7 heteroatoms. The van der Waals surface area contributed by atoms with Crippen LogP contribution < -0.4 is 9.47 Å². The summed E-state index contributed by atoms with van der Waals surface area (Å²) in [5, 5.41) is 0. The zero-order chi connectivity index (χ0) is 16.6. The minimum absolute atomic E-state index is 0.147. The van der Waals surface area contributed by atoms with Crippen LogP contribution in [0.25, 0.3) is 0 Å². The first-order valence-electron chi connectivity index (χ1n) is 7.98. The molecule has 2 aromatic rings. The lowest BCUT2D eigenvalue weighted by atomic mass is 10.1. The maximum absolute atomic E-state index is 13.1. The second-order valence-electron chi connectivity index (χ2n) is 5.86. The largest absolute Gasteiger partial charge is 0.486 e. The van der Waals surface area contributed by atoms with Gasteiger partial charge >= 0.3 is 0 Å². The summed E-state index contributed by atoms with van der Waals surface area (Å²) in [4.78, 5) is 4.26. The highest BCUT2D eigenvalue weighted by Gasteiger charge is 2.36. The molecule has 1 aromatic carbocycles. The van der Waals surface area contributed by atoms with Crippen molar-refractivity contribution in [3.63, 3.8) is 0 Å². The van der Waals surface area contributed by atoms with Crippen LogP contribution in [-0.2, 0) is 10.0 Å². The Morgan fingerprint density at radius 2 is 1.79 bits per heavy atom. The number of benzene rings is 1. The minimum atomic E-state index is -3.59. The standard InChI is InChI=1S/C17H18N2O4S/c20-24(21,14-3-4-16-17(12-14)23-11-10-22-16)19-9-1-2-15(19)13-5-7-18-8-6-13/h3-8,12,15H,1-2,9-11H2. The van der Waals surface area contributed by atoms with Crippen molar-refractivity contribution >= 4 is 10.0 Å². The number of aromatic nitrogens is 1. The highest BCUT2D eigenvalue weighted by molar-refractivity contribution is 7.89. The lowest BCUT2D eigenvalue weighted by molar-refractivity contribution is 0.171. The molecule has 3 heterocycles. The van der Waals surface area contributed by atoms with Crippen LogP contribution in [-0.4, -0.2) is 37.5 Å². The van der Waals surface area contributed by atoms with Crippen LogP contribution in [0.5, 0.6) is 11.5 Å². The van der Waals surface area contributed by atoms with Gasteiger partial charge in [0.05, 0.1) is 10.9 Å². The van der Waals surface area contributed by atoms with E-state index < -0.39 is 10.0 Å². The number of hydrogen-bond acceptors (Lipinski definition) is 5. The Kier molecular flexibility index (Phi) is 3.90. The zero-order valence-corrected chi connectivity index (χ0v) is 13.9. The fourth-order valence-electron chi connectivity index (χ4n) is 3.27. The van der Waals surface area contributed by atoms with Gasteiger partial charge in [0.2, 0.25) is 10.0 Å². The van der Waals surface area contributed by atoms with Gasteiger partial charge in [0.25, 0.3) is 0 Å². The lowest BCUT2D eigenvalue weighted by Crippen LogP contribution is -2.30. The topological polar surface area (TPSA) is 68.7 Å². The average Bonchev–Trinajstić information content (AvgIpc) is 3.13. The normalized spacial score (nSPS) is 20.9. The van der Waals surface area contributed by atoms with Crippen molar-refractivity contribution in [2.45, 2.75) is 23.8 Å². The van der Waals surface area contributed by atoms with Crippen LogP contribution in [0.2, 0.25) is 0 Å². The molecule has 0 aliphatic carbocycles. The number of rotatable bonds is 3. The third-order valence-electron chi connectivity index (χ3n) is 4.41. The maximum atomic E-state index is 13.1. The van der Waals surface area contributed by atoms with E-state index in [0.29, 0.717) is 31.3 Å². The van der Waals surface area contributed by atoms with Crippen LogP contribution in [0.4, 0.5) is 0 Å². The summed E-state index contributed by atoms with van der Waals surface area (Å²) in [7, 11) is -3.59. The Morgan fingerprint density at radius 3 is 2.58 bits per heavy atom. The molecule has 0 amide bonds. The van der Waals surface area contributed by atoms with E-state index in [0.717, 1.165) is 18.4 Å². The van der Waals surface area contributed by atoms with E-state index in [1.54, 1.807) is 34.9 Å². The molecular formula is C17H18N2O4S. The molecule has 2 aliphatic heterocycles. The van der Waals surface area contributed by atoms with Crippen LogP contribution in [0, 0.1) is 0 Å². The molecule has 6 nitrogen and oxygen atoms in total. The molecule has 24 heavy (non-hydrogen) atoms. The van der Waals surface area contributed by atoms with Crippen molar-refractivity contribution in [3.05, 3.63) is 48.3 Å². The van der Waals surface area contributed by atoms with Crippen molar-refractivity contribution in [2.24, 2.45) is 0 Å². The Hall–Kier alpha value is -2.12. The van der Waals surface area contributed by atoms with Crippen molar-refractivity contribution in [1.82, 2.24) is 9.29 Å². The third-order valence-corrected chi connectivity index (χ3v) is 6.32. The summed E-state index contributed by atoms with van der Waals surface area (Å²) in [5.74, 6) is 1.08. The lowest BCUT2D eigenvalue weighted by Gasteiger charge is -2.25.